The van der Waals surface area contributed by atoms with E-state index in [9.17, 15) is 0 Å². The number of rotatable bonds is 8. The quantitative estimate of drug-likeness (QED) is 0.638. The highest BCUT2D eigenvalue weighted by Crippen LogP contribution is 2.12. The average molecular weight is 236 g/mol. The molecular formula is C12H16N2O3. The smallest absolute Gasteiger partial charge is 0.231 e. The first-order valence-corrected chi connectivity index (χ1v) is 5.43. The van der Waals surface area contributed by atoms with Gasteiger partial charge in [0.15, 0.2) is 0 Å². The fraction of sp³-hybridized carbons (Fsp3) is 0.500. The largest absolute Gasteiger partial charge is 0.477 e. The standard InChI is InChI=1S/C12H16N2O3/c1-15-8-9-16-6-3-7-17-12-11(10-13)4-2-5-14-12/h2,4-5H,3,6-9H2,1H3. The Bertz CT molecular complexity index is 363. The summed E-state index contributed by atoms with van der Waals surface area (Å²) in [6.45, 7) is 2.28. The molecule has 0 amide bonds. The third-order valence-electron chi connectivity index (χ3n) is 2.00. The molecule has 0 aliphatic heterocycles. The molecule has 0 saturated heterocycles. The summed E-state index contributed by atoms with van der Waals surface area (Å²) in [5, 5.41) is 8.81. The fourth-order valence-electron chi connectivity index (χ4n) is 1.17. The van der Waals surface area contributed by atoms with Crippen LogP contribution in [0.15, 0.2) is 18.3 Å². The van der Waals surface area contributed by atoms with Crippen molar-refractivity contribution in [3.63, 3.8) is 0 Å². The van der Waals surface area contributed by atoms with Gasteiger partial charge in [-0.2, -0.15) is 5.26 Å². The number of methoxy groups -OCH3 is 1. The van der Waals surface area contributed by atoms with Gasteiger partial charge in [0.05, 0.1) is 19.8 Å². The Morgan fingerprint density at radius 3 is 2.94 bits per heavy atom. The van der Waals surface area contributed by atoms with E-state index in [1.807, 2.05) is 6.07 Å². The number of aromatic nitrogens is 1. The Labute approximate surface area is 101 Å². The van der Waals surface area contributed by atoms with Gasteiger partial charge in [0, 0.05) is 26.3 Å². The van der Waals surface area contributed by atoms with Gasteiger partial charge >= 0.3 is 0 Å². The molecule has 0 N–H and O–H groups in total. The average Bonchev–Trinajstić information content (AvgIpc) is 2.38. The van der Waals surface area contributed by atoms with E-state index in [4.69, 9.17) is 19.5 Å². The molecule has 92 valence electrons. The van der Waals surface area contributed by atoms with E-state index >= 15 is 0 Å². The molecule has 1 aromatic heterocycles. The lowest BCUT2D eigenvalue weighted by Gasteiger charge is -2.06. The normalized spacial score (nSPS) is 9.88. The van der Waals surface area contributed by atoms with Gasteiger partial charge in [0.1, 0.15) is 11.6 Å². The minimum atomic E-state index is 0.381. The Balaban J connectivity index is 2.16. The lowest BCUT2D eigenvalue weighted by molar-refractivity contribution is 0.0642. The number of nitrogens with zero attached hydrogens (tertiary/aromatic N) is 2. The van der Waals surface area contributed by atoms with Crippen LogP contribution in [0.25, 0.3) is 0 Å². The zero-order valence-corrected chi connectivity index (χ0v) is 9.89. The topological polar surface area (TPSA) is 64.4 Å². The molecule has 5 heteroatoms. The molecule has 0 atom stereocenters. The van der Waals surface area contributed by atoms with E-state index in [1.165, 1.54) is 0 Å². The molecule has 5 nitrogen and oxygen atoms in total. The fourth-order valence-corrected chi connectivity index (χ4v) is 1.17. The molecule has 17 heavy (non-hydrogen) atoms. The van der Waals surface area contributed by atoms with Gasteiger partial charge in [0.2, 0.25) is 5.88 Å². The summed E-state index contributed by atoms with van der Waals surface area (Å²) >= 11 is 0. The molecular weight excluding hydrogens is 220 g/mol. The van der Waals surface area contributed by atoms with Crippen molar-refractivity contribution >= 4 is 0 Å². The summed E-state index contributed by atoms with van der Waals surface area (Å²) < 4.78 is 15.5. The SMILES string of the molecule is COCCOCCCOc1ncccc1C#N. The van der Waals surface area contributed by atoms with Crippen molar-refractivity contribution in [2.24, 2.45) is 0 Å². The van der Waals surface area contributed by atoms with Gasteiger partial charge in [0.25, 0.3) is 0 Å². The van der Waals surface area contributed by atoms with E-state index < -0.39 is 0 Å². The molecule has 0 unspecified atom stereocenters. The van der Waals surface area contributed by atoms with Crippen LogP contribution in [0.4, 0.5) is 0 Å². The van der Waals surface area contributed by atoms with Gasteiger partial charge in [-0.25, -0.2) is 4.98 Å². The van der Waals surface area contributed by atoms with Gasteiger partial charge < -0.3 is 14.2 Å². The first-order chi connectivity index (χ1) is 8.38. The summed E-state index contributed by atoms with van der Waals surface area (Å²) in [4.78, 5) is 3.99. The van der Waals surface area contributed by atoms with Crippen LogP contribution in [0, 0.1) is 11.3 Å². The minimum Gasteiger partial charge on any atom is -0.477 e. The Morgan fingerprint density at radius 1 is 1.29 bits per heavy atom. The van der Waals surface area contributed by atoms with Crippen LogP contribution in [0.2, 0.25) is 0 Å². The van der Waals surface area contributed by atoms with Crippen LogP contribution >= 0.6 is 0 Å². The van der Waals surface area contributed by atoms with Crippen molar-refractivity contribution in [2.75, 3.05) is 33.5 Å². The van der Waals surface area contributed by atoms with Crippen molar-refractivity contribution < 1.29 is 14.2 Å². The van der Waals surface area contributed by atoms with Crippen molar-refractivity contribution in [3.8, 4) is 11.9 Å². The highest BCUT2D eigenvalue weighted by atomic mass is 16.5. The second-order valence-corrected chi connectivity index (χ2v) is 3.28. The predicted octanol–water partition coefficient (Wildman–Crippen LogP) is 1.39. The van der Waals surface area contributed by atoms with Crippen molar-refractivity contribution in [2.45, 2.75) is 6.42 Å². The lowest BCUT2D eigenvalue weighted by atomic mass is 10.3. The molecule has 0 fully saturated rings. The molecule has 1 rings (SSSR count). The predicted molar refractivity (Wildman–Crippen MR) is 61.8 cm³/mol. The second-order valence-electron chi connectivity index (χ2n) is 3.28. The van der Waals surface area contributed by atoms with Crippen molar-refractivity contribution in [3.05, 3.63) is 23.9 Å². The number of ether oxygens (including phenoxy) is 3. The molecule has 1 heterocycles. The van der Waals surface area contributed by atoms with Crippen LogP contribution < -0.4 is 4.74 Å². The minimum absolute atomic E-state index is 0.381. The molecule has 0 aliphatic rings. The van der Waals surface area contributed by atoms with Crippen molar-refractivity contribution in [1.29, 1.82) is 5.26 Å². The highest BCUT2D eigenvalue weighted by molar-refractivity contribution is 5.36. The molecule has 0 aromatic carbocycles. The monoisotopic (exact) mass is 236 g/mol. The number of hydrogen-bond acceptors (Lipinski definition) is 5. The number of nitriles is 1. The van der Waals surface area contributed by atoms with Crippen LogP contribution in [-0.2, 0) is 9.47 Å². The maximum absolute atomic E-state index is 8.81. The summed E-state index contributed by atoms with van der Waals surface area (Å²) in [6, 6.07) is 5.41. The van der Waals surface area contributed by atoms with Gasteiger partial charge in [-0.3, -0.25) is 0 Å². The third-order valence-corrected chi connectivity index (χ3v) is 2.00. The van der Waals surface area contributed by atoms with Crippen LogP contribution in [-0.4, -0.2) is 38.5 Å². The van der Waals surface area contributed by atoms with Crippen LogP contribution in [0.3, 0.4) is 0 Å². The maximum atomic E-state index is 8.81. The number of pyridine rings is 1. The van der Waals surface area contributed by atoms with E-state index in [0.717, 1.165) is 6.42 Å². The first kappa shape index (κ1) is 13.4. The summed E-state index contributed by atoms with van der Waals surface area (Å²) in [5.74, 6) is 0.381. The molecule has 0 aliphatic carbocycles. The summed E-state index contributed by atoms with van der Waals surface area (Å²) in [6.07, 6.45) is 2.36. The first-order valence-electron chi connectivity index (χ1n) is 5.43. The Hall–Kier alpha value is -1.64. The third kappa shape index (κ3) is 5.29. The zero-order valence-electron chi connectivity index (χ0n) is 9.89. The number of hydrogen-bond donors (Lipinski definition) is 0. The van der Waals surface area contributed by atoms with Gasteiger partial charge in [-0.05, 0) is 12.1 Å². The summed E-state index contributed by atoms with van der Waals surface area (Å²) in [5.41, 5.74) is 0.452. The Morgan fingerprint density at radius 2 is 2.18 bits per heavy atom. The van der Waals surface area contributed by atoms with E-state index in [1.54, 1.807) is 25.4 Å². The van der Waals surface area contributed by atoms with E-state index in [0.29, 0.717) is 37.9 Å². The highest BCUT2D eigenvalue weighted by Gasteiger charge is 2.02. The van der Waals surface area contributed by atoms with Gasteiger partial charge in [-0.15, -0.1) is 0 Å². The lowest BCUT2D eigenvalue weighted by Crippen LogP contribution is -2.07. The van der Waals surface area contributed by atoms with Crippen LogP contribution in [0.1, 0.15) is 12.0 Å². The molecule has 0 saturated carbocycles. The molecule has 0 radical (unpaired) electrons. The van der Waals surface area contributed by atoms with E-state index in [-0.39, 0.29) is 0 Å². The van der Waals surface area contributed by atoms with Crippen molar-refractivity contribution in [1.82, 2.24) is 4.98 Å². The zero-order chi connectivity index (χ0) is 12.3. The molecule has 0 bridgehead atoms. The maximum Gasteiger partial charge on any atom is 0.231 e. The Kier molecular flexibility index (Phi) is 6.72. The molecule has 0 spiro atoms. The summed E-state index contributed by atoms with van der Waals surface area (Å²) in [7, 11) is 1.64. The van der Waals surface area contributed by atoms with E-state index in [2.05, 4.69) is 4.98 Å². The molecule has 1 aromatic rings. The second kappa shape index (κ2) is 8.50. The van der Waals surface area contributed by atoms with Gasteiger partial charge in [-0.1, -0.05) is 0 Å². The van der Waals surface area contributed by atoms with Crippen LogP contribution in [0.5, 0.6) is 5.88 Å².